The number of hydrogen-bond donors (Lipinski definition) is 1. The minimum Gasteiger partial charge on any atom is -0.383 e. The second kappa shape index (κ2) is 9.46. The lowest BCUT2D eigenvalue weighted by atomic mass is 10.0. The SMILES string of the molecule is COCCn1c2c(cc(Nc3ncc4ccnc(N5CCC(F)(F)CC5)c4n3)c1=O)CN(C)CC2. The van der Waals surface area contributed by atoms with Gasteiger partial charge in [0.2, 0.25) is 5.95 Å². The molecule has 3 aromatic heterocycles. The first kappa shape index (κ1) is 23.6. The highest BCUT2D eigenvalue weighted by Crippen LogP contribution is 2.32. The van der Waals surface area contributed by atoms with E-state index in [1.165, 1.54) is 0 Å². The highest BCUT2D eigenvalue weighted by Gasteiger charge is 2.35. The van der Waals surface area contributed by atoms with Gasteiger partial charge in [-0.2, -0.15) is 0 Å². The van der Waals surface area contributed by atoms with Crippen LogP contribution in [0.25, 0.3) is 10.9 Å². The van der Waals surface area contributed by atoms with E-state index in [2.05, 4.69) is 32.2 Å². The van der Waals surface area contributed by atoms with Crippen LogP contribution in [0.2, 0.25) is 0 Å². The number of likely N-dealkylation sites (N-methyl/N-ethyl adjacent to an activating group) is 1. The molecule has 186 valence electrons. The zero-order chi connectivity index (χ0) is 24.6. The predicted molar refractivity (Wildman–Crippen MR) is 130 cm³/mol. The molecule has 0 bridgehead atoms. The Hall–Kier alpha value is -3.18. The van der Waals surface area contributed by atoms with Crippen molar-refractivity contribution in [3.63, 3.8) is 0 Å². The number of anilines is 3. The Morgan fingerprint density at radius 2 is 2.00 bits per heavy atom. The molecule has 3 aromatic rings. The Balaban J connectivity index is 1.50. The first-order valence-electron chi connectivity index (χ1n) is 11.8. The van der Waals surface area contributed by atoms with E-state index in [0.717, 1.165) is 36.2 Å². The van der Waals surface area contributed by atoms with Gasteiger partial charge in [0, 0.05) is 82.6 Å². The first-order valence-corrected chi connectivity index (χ1v) is 11.8. The summed E-state index contributed by atoms with van der Waals surface area (Å²) in [7, 11) is 3.67. The van der Waals surface area contributed by atoms with Crippen LogP contribution in [0.3, 0.4) is 0 Å². The van der Waals surface area contributed by atoms with Crippen LogP contribution in [0.4, 0.5) is 26.2 Å². The maximum Gasteiger partial charge on any atom is 0.274 e. The number of nitrogens with zero attached hydrogens (tertiary/aromatic N) is 6. The van der Waals surface area contributed by atoms with Crippen molar-refractivity contribution < 1.29 is 13.5 Å². The molecule has 0 unspecified atom stereocenters. The van der Waals surface area contributed by atoms with Crippen LogP contribution in [0, 0.1) is 0 Å². The number of hydrogen-bond acceptors (Lipinski definition) is 8. The topological polar surface area (TPSA) is 88.4 Å². The van der Waals surface area contributed by atoms with Gasteiger partial charge in [-0.3, -0.25) is 4.79 Å². The van der Waals surface area contributed by atoms with Crippen molar-refractivity contribution in [2.24, 2.45) is 0 Å². The Morgan fingerprint density at radius 3 is 2.77 bits per heavy atom. The molecule has 1 saturated heterocycles. The lowest BCUT2D eigenvalue weighted by molar-refractivity contribution is -0.0221. The summed E-state index contributed by atoms with van der Waals surface area (Å²) >= 11 is 0. The fourth-order valence-electron chi connectivity index (χ4n) is 4.77. The number of alkyl halides is 2. The summed E-state index contributed by atoms with van der Waals surface area (Å²) in [6, 6.07) is 3.66. The molecule has 0 aromatic carbocycles. The number of aromatic nitrogens is 4. The van der Waals surface area contributed by atoms with Gasteiger partial charge in [0.25, 0.3) is 11.5 Å². The molecule has 1 fully saturated rings. The second-order valence-corrected chi connectivity index (χ2v) is 9.20. The Bertz CT molecular complexity index is 1290. The molecule has 0 spiro atoms. The summed E-state index contributed by atoms with van der Waals surface area (Å²) in [6.07, 6.45) is 3.65. The van der Waals surface area contributed by atoms with Gasteiger partial charge in [-0.1, -0.05) is 0 Å². The summed E-state index contributed by atoms with van der Waals surface area (Å²) in [5.41, 5.74) is 2.90. The van der Waals surface area contributed by atoms with E-state index in [1.807, 2.05) is 11.0 Å². The molecule has 1 N–H and O–H groups in total. The van der Waals surface area contributed by atoms with Crippen LogP contribution in [0.5, 0.6) is 0 Å². The average molecular weight is 486 g/mol. The molecule has 35 heavy (non-hydrogen) atoms. The first-order chi connectivity index (χ1) is 16.8. The third-order valence-corrected chi connectivity index (χ3v) is 6.70. The molecule has 0 aliphatic carbocycles. The third-order valence-electron chi connectivity index (χ3n) is 6.70. The zero-order valence-electron chi connectivity index (χ0n) is 19.9. The third kappa shape index (κ3) is 4.83. The van der Waals surface area contributed by atoms with Crippen molar-refractivity contribution in [2.45, 2.75) is 38.3 Å². The van der Waals surface area contributed by atoms with E-state index >= 15 is 0 Å². The van der Waals surface area contributed by atoms with Gasteiger partial charge in [0.15, 0.2) is 5.82 Å². The van der Waals surface area contributed by atoms with E-state index < -0.39 is 5.92 Å². The minimum absolute atomic E-state index is 0.154. The molecule has 0 radical (unpaired) electrons. The number of fused-ring (bicyclic) bond motifs is 2. The standard InChI is InChI=1S/C24H29F2N7O2/c1-31-8-4-19-17(15-31)13-18(22(34)33(19)11-12-35-2)29-23-28-14-16-3-7-27-21(20(16)30-23)32-9-5-24(25,26)6-10-32/h3,7,13-14H,4-6,8-12,15H2,1-2H3,(H,28,29,30). The molecule has 2 aliphatic heterocycles. The molecule has 0 amide bonds. The highest BCUT2D eigenvalue weighted by atomic mass is 19.3. The Kier molecular flexibility index (Phi) is 6.37. The van der Waals surface area contributed by atoms with Crippen LogP contribution in [0.1, 0.15) is 24.1 Å². The van der Waals surface area contributed by atoms with Crippen molar-refractivity contribution in [3.05, 3.63) is 46.1 Å². The van der Waals surface area contributed by atoms with E-state index in [-0.39, 0.29) is 37.4 Å². The molecule has 9 nitrogen and oxygen atoms in total. The van der Waals surface area contributed by atoms with E-state index in [9.17, 15) is 13.6 Å². The monoisotopic (exact) mass is 485 g/mol. The van der Waals surface area contributed by atoms with Gasteiger partial charge in [0.05, 0.1) is 6.61 Å². The van der Waals surface area contributed by atoms with Crippen LogP contribution in [0.15, 0.2) is 29.3 Å². The average Bonchev–Trinajstić information content (AvgIpc) is 2.84. The molecular weight excluding hydrogens is 456 g/mol. The van der Waals surface area contributed by atoms with Gasteiger partial charge < -0.3 is 24.4 Å². The molecular formula is C24H29F2N7O2. The molecule has 5 rings (SSSR count). The van der Waals surface area contributed by atoms with Gasteiger partial charge in [0.1, 0.15) is 11.2 Å². The van der Waals surface area contributed by atoms with Crippen molar-refractivity contribution in [1.82, 2.24) is 24.4 Å². The van der Waals surface area contributed by atoms with Crippen molar-refractivity contribution in [3.8, 4) is 0 Å². The van der Waals surface area contributed by atoms with E-state index in [4.69, 9.17) is 4.74 Å². The number of ether oxygens (including phenoxy) is 1. The lowest BCUT2D eigenvalue weighted by Gasteiger charge is -2.32. The number of halogens is 2. The van der Waals surface area contributed by atoms with Crippen molar-refractivity contribution in [2.75, 3.05) is 50.6 Å². The number of nitrogens with one attached hydrogen (secondary N) is 1. The van der Waals surface area contributed by atoms with Crippen LogP contribution in [-0.2, 0) is 24.2 Å². The van der Waals surface area contributed by atoms with E-state index in [0.29, 0.717) is 30.2 Å². The maximum absolute atomic E-state index is 13.7. The zero-order valence-corrected chi connectivity index (χ0v) is 19.9. The Labute approximate surface area is 201 Å². The highest BCUT2D eigenvalue weighted by molar-refractivity contribution is 5.89. The summed E-state index contributed by atoms with van der Waals surface area (Å²) in [5.74, 6) is -1.84. The maximum atomic E-state index is 13.7. The quantitative estimate of drug-likeness (QED) is 0.570. The van der Waals surface area contributed by atoms with Crippen molar-refractivity contribution in [1.29, 1.82) is 0 Å². The summed E-state index contributed by atoms with van der Waals surface area (Å²) in [4.78, 5) is 30.9. The summed E-state index contributed by atoms with van der Waals surface area (Å²) < 4.78 is 34.4. The summed E-state index contributed by atoms with van der Waals surface area (Å²) in [6.45, 7) is 2.93. The summed E-state index contributed by atoms with van der Waals surface area (Å²) in [5, 5.41) is 3.86. The van der Waals surface area contributed by atoms with Gasteiger partial charge in [-0.05, 0) is 24.7 Å². The molecule has 0 saturated carbocycles. The van der Waals surface area contributed by atoms with Crippen LogP contribution < -0.4 is 15.8 Å². The number of rotatable bonds is 6. The number of pyridine rings is 2. The van der Waals surface area contributed by atoms with Gasteiger partial charge in [-0.25, -0.2) is 23.7 Å². The minimum atomic E-state index is -2.65. The number of piperidine rings is 1. The molecule has 5 heterocycles. The lowest BCUT2D eigenvalue weighted by Crippen LogP contribution is -2.39. The normalized spacial score (nSPS) is 18.0. The second-order valence-electron chi connectivity index (χ2n) is 9.20. The number of methoxy groups -OCH3 is 1. The largest absolute Gasteiger partial charge is 0.383 e. The van der Waals surface area contributed by atoms with Gasteiger partial charge in [-0.15, -0.1) is 0 Å². The molecule has 0 atom stereocenters. The molecule has 11 heteroatoms. The predicted octanol–water partition coefficient (Wildman–Crippen LogP) is 2.80. The smallest absolute Gasteiger partial charge is 0.274 e. The fourth-order valence-corrected chi connectivity index (χ4v) is 4.77. The van der Waals surface area contributed by atoms with E-state index in [1.54, 1.807) is 30.1 Å². The Morgan fingerprint density at radius 1 is 1.20 bits per heavy atom. The van der Waals surface area contributed by atoms with Gasteiger partial charge >= 0.3 is 0 Å². The fraction of sp³-hybridized carbons (Fsp3) is 0.500. The molecule has 2 aliphatic rings. The van der Waals surface area contributed by atoms with Crippen molar-refractivity contribution >= 4 is 28.4 Å². The van der Waals surface area contributed by atoms with Crippen LogP contribution >= 0.6 is 0 Å². The van der Waals surface area contributed by atoms with Crippen LogP contribution in [-0.4, -0.2) is 70.7 Å².